The van der Waals surface area contributed by atoms with Crippen molar-refractivity contribution in [3.8, 4) is 0 Å². The average Bonchev–Trinajstić information content (AvgIpc) is 2.22. The summed E-state index contributed by atoms with van der Waals surface area (Å²) in [5, 5.41) is 1.14. The van der Waals surface area contributed by atoms with Crippen LogP contribution in [0.5, 0.6) is 0 Å². The monoisotopic (exact) mass is 234 g/mol. The molecule has 1 heterocycles. The van der Waals surface area contributed by atoms with Crippen LogP contribution in [-0.4, -0.2) is 10.9 Å². The highest BCUT2D eigenvalue weighted by Crippen LogP contribution is 2.28. The number of halogens is 1. The third kappa shape index (κ3) is 1.63. The van der Waals surface area contributed by atoms with E-state index >= 15 is 0 Å². The number of carbonyl (C=O) groups is 1. The standard InChI is InChI=1S/C12H11ClN2O/c1-6-3-4-9(13)10-8(12(14)16)5-7(2)15-11(6)10/h3-5H,1-2H3,(H2,14,16). The van der Waals surface area contributed by atoms with Gasteiger partial charge in [-0.3, -0.25) is 9.78 Å². The number of hydrogen-bond donors (Lipinski definition) is 1. The fourth-order valence-corrected chi connectivity index (χ4v) is 2.01. The van der Waals surface area contributed by atoms with Crippen molar-refractivity contribution >= 4 is 28.4 Å². The lowest BCUT2D eigenvalue weighted by atomic mass is 10.0. The van der Waals surface area contributed by atoms with Crippen LogP contribution in [0, 0.1) is 13.8 Å². The summed E-state index contributed by atoms with van der Waals surface area (Å²) in [6, 6.07) is 5.29. The highest BCUT2D eigenvalue weighted by atomic mass is 35.5. The van der Waals surface area contributed by atoms with Gasteiger partial charge >= 0.3 is 0 Å². The van der Waals surface area contributed by atoms with E-state index in [-0.39, 0.29) is 0 Å². The summed E-state index contributed by atoms with van der Waals surface area (Å²) in [6.45, 7) is 3.75. The van der Waals surface area contributed by atoms with Crippen LogP contribution in [-0.2, 0) is 0 Å². The number of carbonyl (C=O) groups excluding carboxylic acids is 1. The van der Waals surface area contributed by atoms with Gasteiger partial charge in [0.25, 0.3) is 0 Å². The third-order valence-corrected chi connectivity index (χ3v) is 2.82. The Balaban J connectivity index is 3.00. The first kappa shape index (κ1) is 10.9. The van der Waals surface area contributed by atoms with Crippen molar-refractivity contribution in [2.45, 2.75) is 13.8 Å². The molecule has 0 unspecified atom stereocenters. The lowest BCUT2D eigenvalue weighted by Gasteiger charge is -2.08. The summed E-state index contributed by atoms with van der Waals surface area (Å²) < 4.78 is 0. The zero-order valence-electron chi connectivity index (χ0n) is 9.04. The number of benzene rings is 1. The van der Waals surface area contributed by atoms with E-state index in [1.54, 1.807) is 12.1 Å². The van der Waals surface area contributed by atoms with Crippen LogP contribution >= 0.6 is 11.6 Å². The van der Waals surface area contributed by atoms with Gasteiger partial charge in [-0.2, -0.15) is 0 Å². The molecular formula is C12H11ClN2O. The van der Waals surface area contributed by atoms with Crippen LogP contribution in [0.2, 0.25) is 5.02 Å². The maximum absolute atomic E-state index is 11.4. The first-order valence-corrected chi connectivity index (χ1v) is 5.24. The second-order valence-corrected chi connectivity index (χ2v) is 4.17. The molecule has 2 aromatic rings. The quantitative estimate of drug-likeness (QED) is 0.825. The van der Waals surface area contributed by atoms with Gasteiger partial charge in [0, 0.05) is 11.1 Å². The number of primary amides is 1. The minimum absolute atomic E-state index is 0.427. The average molecular weight is 235 g/mol. The van der Waals surface area contributed by atoms with Crippen LogP contribution in [0.1, 0.15) is 21.6 Å². The van der Waals surface area contributed by atoms with Gasteiger partial charge in [-0.15, -0.1) is 0 Å². The minimum Gasteiger partial charge on any atom is -0.366 e. The normalized spacial score (nSPS) is 10.7. The van der Waals surface area contributed by atoms with Crippen molar-refractivity contribution in [1.29, 1.82) is 0 Å². The van der Waals surface area contributed by atoms with Crippen molar-refractivity contribution in [3.05, 3.63) is 40.0 Å². The Hall–Kier alpha value is -1.61. The Bertz CT molecular complexity index is 593. The highest BCUT2D eigenvalue weighted by Gasteiger charge is 2.13. The molecule has 0 aliphatic carbocycles. The highest BCUT2D eigenvalue weighted by molar-refractivity contribution is 6.36. The molecule has 3 nitrogen and oxygen atoms in total. The Morgan fingerprint density at radius 3 is 2.69 bits per heavy atom. The summed E-state index contributed by atoms with van der Waals surface area (Å²) in [4.78, 5) is 15.8. The number of aromatic nitrogens is 1. The molecule has 0 saturated heterocycles. The Morgan fingerprint density at radius 1 is 1.38 bits per heavy atom. The summed E-state index contributed by atoms with van der Waals surface area (Å²) in [5.41, 5.74) is 8.24. The van der Waals surface area contributed by atoms with Crippen LogP contribution < -0.4 is 5.73 Å². The van der Waals surface area contributed by atoms with E-state index in [4.69, 9.17) is 17.3 Å². The van der Waals surface area contributed by atoms with Gasteiger partial charge in [0.05, 0.1) is 16.1 Å². The largest absolute Gasteiger partial charge is 0.366 e. The Labute approximate surface area is 98.2 Å². The number of rotatable bonds is 1. The van der Waals surface area contributed by atoms with Gasteiger partial charge in [0.15, 0.2) is 0 Å². The van der Waals surface area contributed by atoms with Crippen molar-refractivity contribution in [3.63, 3.8) is 0 Å². The van der Waals surface area contributed by atoms with Gasteiger partial charge < -0.3 is 5.73 Å². The van der Waals surface area contributed by atoms with Crippen LogP contribution in [0.4, 0.5) is 0 Å². The molecule has 2 N–H and O–H groups in total. The van der Waals surface area contributed by atoms with Gasteiger partial charge in [0.2, 0.25) is 5.91 Å². The van der Waals surface area contributed by atoms with Crippen LogP contribution in [0.25, 0.3) is 10.9 Å². The number of amides is 1. The number of fused-ring (bicyclic) bond motifs is 1. The fourth-order valence-electron chi connectivity index (χ4n) is 1.76. The van der Waals surface area contributed by atoms with E-state index in [2.05, 4.69) is 4.98 Å². The third-order valence-electron chi connectivity index (χ3n) is 2.50. The van der Waals surface area contributed by atoms with Crippen molar-refractivity contribution < 1.29 is 4.79 Å². The molecule has 0 aliphatic rings. The van der Waals surface area contributed by atoms with E-state index in [0.717, 1.165) is 16.8 Å². The molecule has 4 heteroatoms. The van der Waals surface area contributed by atoms with Crippen LogP contribution in [0.3, 0.4) is 0 Å². The molecule has 0 bridgehead atoms. The molecule has 1 aromatic heterocycles. The minimum atomic E-state index is -0.483. The number of nitrogens with two attached hydrogens (primary N) is 1. The predicted molar refractivity (Wildman–Crippen MR) is 64.7 cm³/mol. The summed E-state index contributed by atoms with van der Waals surface area (Å²) >= 11 is 6.08. The van der Waals surface area contributed by atoms with E-state index in [0.29, 0.717) is 16.0 Å². The van der Waals surface area contributed by atoms with E-state index < -0.39 is 5.91 Å². The zero-order chi connectivity index (χ0) is 11.9. The second kappa shape index (κ2) is 3.76. The van der Waals surface area contributed by atoms with Crippen LogP contribution in [0.15, 0.2) is 18.2 Å². The number of nitrogens with zero attached hydrogens (tertiary/aromatic N) is 1. The molecule has 1 amide bonds. The molecule has 1 aromatic carbocycles. The molecule has 2 rings (SSSR count). The molecule has 0 atom stereocenters. The maximum Gasteiger partial charge on any atom is 0.249 e. The predicted octanol–water partition coefficient (Wildman–Crippen LogP) is 2.60. The molecule has 0 radical (unpaired) electrons. The fraction of sp³-hybridized carbons (Fsp3) is 0.167. The maximum atomic E-state index is 11.4. The zero-order valence-corrected chi connectivity index (χ0v) is 9.80. The summed E-state index contributed by atoms with van der Waals surface area (Å²) in [5.74, 6) is -0.483. The summed E-state index contributed by atoms with van der Waals surface area (Å²) in [7, 11) is 0. The van der Waals surface area contributed by atoms with Gasteiger partial charge in [-0.25, -0.2) is 0 Å². The van der Waals surface area contributed by atoms with Crippen molar-refractivity contribution in [2.75, 3.05) is 0 Å². The van der Waals surface area contributed by atoms with Gasteiger partial charge in [0.1, 0.15) is 0 Å². The second-order valence-electron chi connectivity index (χ2n) is 3.76. The smallest absolute Gasteiger partial charge is 0.249 e. The lowest BCUT2D eigenvalue weighted by molar-refractivity contribution is 0.100. The first-order chi connectivity index (χ1) is 7.50. The van der Waals surface area contributed by atoms with E-state index in [1.165, 1.54) is 0 Å². The molecular weight excluding hydrogens is 224 g/mol. The first-order valence-electron chi connectivity index (χ1n) is 4.87. The molecule has 16 heavy (non-hydrogen) atoms. The molecule has 0 aliphatic heterocycles. The van der Waals surface area contributed by atoms with Gasteiger partial charge in [-0.05, 0) is 31.5 Å². The van der Waals surface area contributed by atoms with E-state index in [1.807, 2.05) is 19.9 Å². The van der Waals surface area contributed by atoms with Crippen molar-refractivity contribution in [2.24, 2.45) is 5.73 Å². The molecule has 0 fully saturated rings. The molecule has 82 valence electrons. The van der Waals surface area contributed by atoms with E-state index in [9.17, 15) is 4.79 Å². The molecule has 0 saturated carbocycles. The molecule has 0 spiro atoms. The number of aryl methyl sites for hydroxylation is 2. The van der Waals surface area contributed by atoms with Crippen molar-refractivity contribution in [1.82, 2.24) is 4.98 Å². The SMILES string of the molecule is Cc1cc(C(N)=O)c2c(Cl)ccc(C)c2n1. The number of pyridine rings is 1. The summed E-state index contributed by atoms with van der Waals surface area (Å²) in [6.07, 6.45) is 0. The topological polar surface area (TPSA) is 56.0 Å². The Kier molecular flexibility index (Phi) is 2.56. The van der Waals surface area contributed by atoms with Gasteiger partial charge in [-0.1, -0.05) is 17.7 Å². The lowest BCUT2D eigenvalue weighted by Crippen LogP contribution is -2.12. The number of hydrogen-bond acceptors (Lipinski definition) is 2. The Morgan fingerprint density at radius 2 is 2.06 bits per heavy atom.